The maximum Gasteiger partial charge on any atom is 0.103 e. The first-order chi connectivity index (χ1) is 1.91. The van der Waals surface area contributed by atoms with Crippen molar-refractivity contribution in [1.82, 2.24) is 0 Å². The van der Waals surface area contributed by atoms with Gasteiger partial charge in [-0.1, -0.05) is 13.3 Å². The predicted octanol–water partition coefficient (Wildman–Crippen LogP) is -0.577. The van der Waals surface area contributed by atoms with Crippen molar-refractivity contribution in [2.75, 3.05) is 6.61 Å². The van der Waals surface area contributed by atoms with Crippen LogP contribution < -0.4 is 0 Å². The summed E-state index contributed by atoms with van der Waals surface area (Å²) in [5, 5.41) is 7.64. The highest BCUT2D eigenvalue weighted by Crippen LogP contribution is 1.34. The number of aliphatic hydroxyl groups excluding tert-OH is 1. The SMILES string of the molecule is C.C#CCO.O. The highest BCUT2D eigenvalue weighted by atomic mass is 16.2. The van der Waals surface area contributed by atoms with Crippen LogP contribution in [0, 0.1) is 12.3 Å². The van der Waals surface area contributed by atoms with Crippen molar-refractivity contribution in [3.05, 3.63) is 0 Å². The van der Waals surface area contributed by atoms with Crippen LogP contribution in [0.2, 0.25) is 0 Å². The first-order valence-electron chi connectivity index (χ1n) is 0.958. The summed E-state index contributed by atoms with van der Waals surface area (Å²) >= 11 is 0. The second-order valence-electron chi connectivity index (χ2n) is 0.362. The topological polar surface area (TPSA) is 51.7 Å². The summed E-state index contributed by atoms with van der Waals surface area (Å²) in [6.45, 7) is -0.153. The van der Waals surface area contributed by atoms with E-state index >= 15 is 0 Å². The first kappa shape index (κ1) is 17.9. The zero-order valence-corrected chi connectivity index (χ0v) is 2.73. The zero-order chi connectivity index (χ0) is 3.41. The average Bonchev–Trinajstić information content (AvgIpc) is 1.37. The van der Waals surface area contributed by atoms with Crippen LogP contribution in [-0.4, -0.2) is 17.2 Å². The number of terminal acetylenes is 1. The van der Waals surface area contributed by atoms with E-state index in [2.05, 4.69) is 6.42 Å². The Hall–Kier alpha value is -0.520. The van der Waals surface area contributed by atoms with Gasteiger partial charge in [0.25, 0.3) is 0 Å². The molecule has 3 N–H and O–H groups in total. The first-order valence-corrected chi connectivity index (χ1v) is 0.958. The molecule has 0 atom stereocenters. The fourth-order valence-electron chi connectivity index (χ4n) is 0. The average molecular weight is 90.1 g/mol. The summed E-state index contributed by atoms with van der Waals surface area (Å²) in [4.78, 5) is 0. The summed E-state index contributed by atoms with van der Waals surface area (Å²) in [6.07, 6.45) is 4.53. The smallest absolute Gasteiger partial charge is 0.103 e. The molecule has 0 unspecified atom stereocenters. The predicted molar refractivity (Wildman–Crippen MR) is 26.3 cm³/mol. The fraction of sp³-hybridized carbons (Fsp3) is 0.500. The van der Waals surface area contributed by atoms with Gasteiger partial charge in [-0.25, -0.2) is 0 Å². The molecule has 0 aliphatic rings. The van der Waals surface area contributed by atoms with Gasteiger partial charge in [0.15, 0.2) is 0 Å². The summed E-state index contributed by atoms with van der Waals surface area (Å²) in [7, 11) is 0. The van der Waals surface area contributed by atoms with Gasteiger partial charge >= 0.3 is 0 Å². The maximum atomic E-state index is 7.64. The van der Waals surface area contributed by atoms with E-state index in [4.69, 9.17) is 5.11 Å². The highest BCUT2D eigenvalue weighted by Gasteiger charge is 1.43. The van der Waals surface area contributed by atoms with E-state index in [0.29, 0.717) is 0 Å². The Morgan fingerprint density at radius 2 is 1.83 bits per heavy atom. The van der Waals surface area contributed by atoms with E-state index in [0.717, 1.165) is 0 Å². The van der Waals surface area contributed by atoms with Crippen LogP contribution in [-0.2, 0) is 0 Å². The van der Waals surface area contributed by atoms with E-state index in [9.17, 15) is 0 Å². The Labute approximate surface area is 38.1 Å². The Kier molecular flexibility index (Phi) is 73.8. The van der Waals surface area contributed by atoms with Crippen molar-refractivity contribution in [2.45, 2.75) is 7.43 Å². The van der Waals surface area contributed by atoms with Gasteiger partial charge in [-0.2, -0.15) is 0 Å². The molecule has 0 aromatic rings. The van der Waals surface area contributed by atoms with Gasteiger partial charge in [0.05, 0.1) is 0 Å². The molecule has 0 heterocycles. The standard InChI is InChI=1S/C3H4O.CH4.H2O/c1-2-3-4;;/h1,4H,3H2;1H4;1H2. The lowest BCUT2D eigenvalue weighted by Crippen LogP contribution is -1.64. The van der Waals surface area contributed by atoms with Crippen LogP contribution in [0.1, 0.15) is 7.43 Å². The summed E-state index contributed by atoms with van der Waals surface area (Å²) in [6, 6.07) is 0. The normalized spacial score (nSPS) is 3.33. The third-order valence-corrected chi connectivity index (χ3v) is 0.0913. The molecule has 0 amide bonds. The Morgan fingerprint density at radius 3 is 1.83 bits per heavy atom. The lowest BCUT2D eigenvalue weighted by atomic mass is 10.8. The van der Waals surface area contributed by atoms with Gasteiger partial charge in [-0.3, -0.25) is 0 Å². The summed E-state index contributed by atoms with van der Waals surface area (Å²) in [5.41, 5.74) is 0. The van der Waals surface area contributed by atoms with Crippen molar-refractivity contribution in [1.29, 1.82) is 0 Å². The minimum absolute atomic E-state index is 0. The molecule has 0 aromatic carbocycles. The van der Waals surface area contributed by atoms with Gasteiger partial charge < -0.3 is 10.6 Å². The Balaban J connectivity index is -0.0000000450. The molecule has 0 aliphatic carbocycles. The van der Waals surface area contributed by atoms with Crippen molar-refractivity contribution < 1.29 is 10.6 Å². The fourth-order valence-corrected chi connectivity index (χ4v) is 0. The molecule has 0 rings (SSSR count). The molecule has 38 valence electrons. The van der Waals surface area contributed by atoms with E-state index in [1.807, 2.05) is 5.92 Å². The minimum Gasteiger partial charge on any atom is -0.412 e. The molecule has 6 heavy (non-hydrogen) atoms. The number of rotatable bonds is 0. The maximum absolute atomic E-state index is 7.64. The molecular weight excluding hydrogens is 80.0 g/mol. The monoisotopic (exact) mass is 90.1 g/mol. The molecule has 0 radical (unpaired) electrons. The van der Waals surface area contributed by atoms with Gasteiger partial charge in [0.2, 0.25) is 0 Å². The van der Waals surface area contributed by atoms with E-state index < -0.39 is 0 Å². The molecule has 2 nitrogen and oxygen atoms in total. The lowest BCUT2D eigenvalue weighted by molar-refractivity contribution is 0.351. The van der Waals surface area contributed by atoms with Crippen molar-refractivity contribution in [2.24, 2.45) is 0 Å². The molecule has 0 bridgehead atoms. The van der Waals surface area contributed by atoms with E-state index in [1.165, 1.54) is 0 Å². The number of aliphatic hydroxyl groups is 1. The second-order valence-corrected chi connectivity index (χ2v) is 0.362. The van der Waals surface area contributed by atoms with Gasteiger partial charge in [0.1, 0.15) is 6.61 Å². The van der Waals surface area contributed by atoms with Crippen molar-refractivity contribution in [3.8, 4) is 12.3 Å². The van der Waals surface area contributed by atoms with Crippen LogP contribution in [0.5, 0.6) is 0 Å². The second kappa shape index (κ2) is 24.8. The third kappa shape index (κ3) is 92.9. The lowest BCUT2D eigenvalue weighted by Gasteiger charge is -1.55. The quantitative estimate of drug-likeness (QED) is 0.398. The molecule has 0 aromatic heterocycles. The Bertz CT molecular complexity index is 35.3. The molecule has 2 heteroatoms. The van der Waals surface area contributed by atoms with E-state index in [-0.39, 0.29) is 19.5 Å². The molecule has 0 fully saturated rings. The number of hydrogen-bond acceptors (Lipinski definition) is 1. The zero-order valence-electron chi connectivity index (χ0n) is 2.73. The van der Waals surface area contributed by atoms with Crippen LogP contribution in [0.15, 0.2) is 0 Å². The molecule has 0 saturated carbocycles. The molecule has 0 aliphatic heterocycles. The number of hydrogen-bond donors (Lipinski definition) is 1. The van der Waals surface area contributed by atoms with Crippen molar-refractivity contribution >= 4 is 0 Å². The minimum atomic E-state index is -0.153. The van der Waals surface area contributed by atoms with Crippen LogP contribution >= 0.6 is 0 Å². The van der Waals surface area contributed by atoms with Gasteiger partial charge in [-0.15, -0.1) is 6.42 Å². The summed E-state index contributed by atoms with van der Waals surface area (Å²) < 4.78 is 0. The van der Waals surface area contributed by atoms with E-state index in [1.54, 1.807) is 0 Å². The van der Waals surface area contributed by atoms with Crippen molar-refractivity contribution in [3.63, 3.8) is 0 Å². The van der Waals surface area contributed by atoms with Crippen LogP contribution in [0.4, 0.5) is 0 Å². The molecular formula is C4H10O2. The molecule has 0 saturated heterocycles. The van der Waals surface area contributed by atoms with Gasteiger partial charge in [0, 0.05) is 0 Å². The Morgan fingerprint density at radius 1 is 1.67 bits per heavy atom. The summed E-state index contributed by atoms with van der Waals surface area (Å²) in [5.74, 6) is 1.99. The molecule has 0 spiro atoms. The van der Waals surface area contributed by atoms with Crippen LogP contribution in [0.25, 0.3) is 0 Å². The van der Waals surface area contributed by atoms with Gasteiger partial charge in [-0.05, 0) is 0 Å². The highest BCUT2D eigenvalue weighted by molar-refractivity contribution is 4.81. The van der Waals surface area contributed by atoms with Crippen LogP contribution in [0.3, 0.4) is 0 Å². The third-order valence-electron chi connectivity index (χ3n) is 0.0913. The largest absolute Gasteiger partial charge is 0.412 e.